The Morgan fingerprint density at radius 3 is 2.27 bits per heavy atom. The first-order valence-electron chi connectivity index (χ1n) is 6.85. The SMILES string of the molecule is CCOC(=O)c1ccc(C(F)(F)C(O)c2ccccc2)cc1. The van der Waals surface area contributed by atoms with E-state index in [1.54, 1.807) is 25.1 Å². The molecule has 0 spiro atoms. The van der Waals surface area contributed by atoms with Crippen LogP contribution in [0.4, 0.5) is 8.78 Å². The van der Waals surface area contributed by atoms with Gasteiger partial charge in [0.1, 0.15) is 6.10 Å². The molecule has 3 nitrogen and oxygen atoms in total. The van der Waals surface area contributed by atoms with Crippen LogP contribution in [0.1, 0.15) is 34.5 Å². The molecule has 22 heavy (non-hydrogen) atoms. The van der Waals surface area contributed by atoms with Crippen LogP contribution in [-0.2, 0) is 10.7 Å². The van der Waals surface area contributed by atoms with Gasteiger partial charge in [0.2, 0.25) is 0 Å². The number of aliphatic hydroxyl groups excluding tert-OH is 1. The van der Waals surface area contributed by atoms with Gasteiger partial charge in [-0.2, -0.15) is 8.78 Å². The fraction of sp³-hybridized carbons (Fsp3) is 0.235. The quantitative estimate of drug-likeness (QED) is 0.857. The second kappa shape index (κ2) is 6.66. The van der Waals surface area contributed by atoms with Crippen molar-refractivity contribution in [2.24, 2.45) is 0 Å². The number of aliphatic hydroxyl groups is 1. The zero-order valence-electron chi connectivity index (χ0n) is 12.0. The second-order valence-electron chi connectivity index (χ2n) is 4.73. The maximum atomic E-state index is 14.3. The molecule has 0 bridgehead atoms. The zero-order chi connectivity index (χ0) is 16.2. The Balaban J connectivity index is 2.24. The minimum Gasteiger partial charge on any atom is -0.462 e. The highest BCUT2D eigenvalue weighted by atomic mass is 19.3. The van der Waals surface area contributed by atoms with Gasteiger partial charge in [-0.15, -0.1) is 0 Å². The number of hydrogen-bond acceptors (Lipinski definition) is 3. The number of ether oxygens (including phenoxy) is 1. The Hall–Kier alpha value is -2.27. The zero-order valence-corrected chi connectivity index (χ0v) is 12.0. The summed E-state index contributed by atoms with van der Waals surface area (Å²) < 4.78 is 33.5. The van der Waals surface area contributed by atoms with E-state index in [9.17, 15) is 18.7 Å². The van der Waals surface area contributed by atoms with E-state index in [4.69, 9.17) is 4.74 Å². The third kappa shape index (κ3) is 3.31. The molecule has 0 amide bonds. The Labute approximate surface area is 127 Å². The maximum absolute atomic E-state index is 14.3. The lowest BCUT2D eigenvalue weighted by Gasteiger charge is -2.23. The summed E-state index contributed by atoms with van der Waals surface area (Å²) in [5.41, 5.74) is -0.0468. The first kappa shape index (κ1) is 16.1. The molecule has 1 atom stereocenters. The number of esters is 1. The van der Waals surface area contributed by atoms with Crippen LogP contribution in [0.15, 0.2) is 54.6 Å². The molecular weight excluding hydrogens is 290 g/mol. The van der Waals surface area contributed by atoms with Gasteiger partial charge in [0, 0.05) is 5.56 Å². The molecule has 0 radical (unpaired) electrons. The summed E-state index contributed by atoms with van der Waals surface area (Å²) >= 11 is 0. The normalized spacial score (nSPS) is 12.7. The van der Waals surface area contributed by atoms with Crippen LogP contribution in [0.3, 0.4) is 0 Å². The predicted octanol–water partition coefficient (Wildman–Crippen LogP) is 3.69. The highest BCUT2D eigenvalue weighted by Gasteiger charge is 2.41. The molecule has 116 valence electrons. The van der Waals surface area contributed by atoms with E-state index in [1.807, 2.05) is 0 Å². The summed E-state index contributed by atoms with van der Waals surface area (Å²) in [5, 5.41) is 9.92. The van der Waals surface area contributed by atoms with Crippen LogP contribution in [0.2, 0.25) is 0 Å². The number of benzene rings is 2. The Morgan fingerprint density at radius 2 is 1.73 bits per heavy atom. The van der Waals surface area contributed by atoms with Crippen LogP contribution in [0.25, 0.3) is 0 Å². The van der Waals surface area contributed by atoms with Gasteiger partial charge in [-0.1, -0.05) is 42.5 Å². The maximum Gasteiger partial charge on any atom is 0.338 e. The number of carbonyl (C=O) groups is 1. The van der Waals surface area contributed by atoms with E-state index >= 15 is 0 Å². The van der Waals surface area contributed by atoms with E-state index < -0.39 is 18.0 Å². The molecule has 0 aromatic heterocycles. The van der Waals surface area contributed by atoms with Crippen LogP contribution in [0, 0.1) is 0 Å². The lowest BCUT2D eigenvalue weighted by molar-refractivity contribution is -0.117. The van der Waals surface area contributed by atoms with Crippen molar-refractivity contribution >= 4 is 5.97 Å². The van der Waals surface area contributed by atoms with Crippen molar-refractivity contribution in [2.45, 2.75) is 19.0 Å². The van der Waals surface area contributed by atoms with Gasteiger partial charge in [0.05, 0.1) is 12.2 Å². The first-order valence-corrected chi connectivity index (χ1v) is 6.85. The van der Waals surface area contributed by atoms with E-state index in [0.717, 1.165) is 12.1 Å². The summed E-state index contributed by atoms with van der Waals surface area (Å²) in [7, 11) is 0. The second-order valence-corrected chi connectivity index (χ2v) is 4.73. The molecule has 2 aromatic carbocycles. The molecule has 0 saturated carbocycles. The standard InChI is InChI=1S/C17H16F2O3/c1-2-22-16(21)13-8-10-14(11-9-13)17(18,19)15(20)12-6-4-3-5-7-12/h3-11,15,20H,2H2,1H3. The van der Waals surface area contributed by atoms with E-state index in [1.165, 1.54) is 24.3 Å². The van der Waals surface area contributed by atoms with Crippen molar-refractivity contribution in [2.75, 3.05) is 6.61 Å². The summed E-state index contributed by atoms with van der Waals surface area (Å²) in [4.78, 5) is 11.5. The van der Waals surface area contributed by atoms with Gasteiger partial charge in [-0.3, -0.25) is 0 Å². The van der Waals surface area contributed by atoms with E-state index in [-0.39, 0.29) is 23.3 Å². The van der Waals surface area contributed by atoms with Crippen LogP contribution < -0.4 is 0 Å². The van der Waals surface area contributed by atoms with Crippen molar-refractivity contribution in [1.29, 1.82) is 0 Å². The number of hydrogen-bond donors (Lipinski definition) is 1. The third-order valence-corrected chi connectivity index (χ3v) is 3.24. The van der Waals surface area contributed by atoms with Crippen LogP contribution >= 0.6 is 0 Å². The molecule has 0 aliphatic rings. The lowest BCUT2D eigenvalue weighted by Crippen LogP contribution is -2.24. The molecular formula is C17H16F2O3. The Kier molecular flexibility index (Phi) is 4.88. The summed E-state index contributed by atoms with van der Waals surface area (Å²) in [6.07, 6.45) is -1.96. The van der Waals surface area contributed by atoms with Gasteiger partial charge in [0.25, 0.3) is 0 Å². The molecule has 0 fully saturated rings. The first-order chi connectivity index (χ1) is 10.5. The van der Waals surface area contributed by atoms with Gasteiger partial charge in [-0.05, 0) is 24.6 Å². The van der Waals surface area contributed by atoms with Crippen molar-refractivity contribution in [3.8, 4) is 0 Å². The average Bonchev–Trinajstić information content (AvgIpc) is 2.55. The number of alkyl halides is 2. The van der Waals surface area contributed by atoms with Crippen molar-refractivity contribution in [3.63, 3.8) is 0 Å². The molecule has 1 unspecified atom stereocenters. The minimum absolute atomic E-state index is 0.127. The van der Waals surface area contributed by atoms with Crippen molar-refractivity contribution in [1.82, 2.24) is 0 Å². The topological polar surface area (TPSA) is 46.5 Å². The van der Waals surface area contributed by atoms with E-state index in [2.05, 4.69) is 0 Å². The van der Waals surface area contributed by atoms with Crippen molar-refractivity contribution in [3.05, 3.63) is 71.3 Å². The molecule has 0 saturated heterocycles. The van der Waals surface area contributed by atoms with Gasteiger partial charge < -0.3 is 9.84 Å². The smallest absolute Gasteiger partial charge is 0.338 e. The third-order valence-electron chi connectivity index (χ3n) is 3.24. The van der Waals surface area contributed by atoms with Gasteiger partial charge >= 0.3 is 11.9 Å². The number of rotatable bonds is 5. The van der Waals surface area contributed by atoms with E-state index in [0.29, 0.717) is 0 Å². The highest BCUT2D eigenvalue weighted by molar-refractivity contribution is 5.89. The molecule has 2 rings (SSSR count). The minimum atomic E-state index is -3.46. The van der Waals surface area contributed by atoms with Crippen LogP contribution in [-0.4, -0.2) is 17.7 Å². The molecule has 1 N–H and O–H groups in total. The average molecular weight is 306 g/mol. The fourth-order valence-corrected chi connectivity index (χ4v) is 2.05. The molecule has 0 aliphatic heterocycles. The lowest BCUT2D eigenvalue weighted by atomic mass is 9.96. The molecule has 0 aliphatic carbocycles. The summed E-state index contributed by atoms with van der Waals surface area (Å²) in [6, 6.07) is 12.5. The molecule has 2 aromatic rings. The van der Waals surface area contributed by atoms with Crippen molar-refractivity contribution < 1.29 is 23.4 Å². The molecule has 5 heteroatoms. The summed E-state index contributed by atoms with van der Waals surface area (Å²) in [6.45, 7) is 1.88. The largest absolute Gasteiger partial charge is 0.462 e. The number of halogens is 2. The van der Waals surface area contributed by atoms with Crippen LogP contribution in [0.5, 0.6) is 0 Å². The van der Waals surface area contributed by atoms with Gasteiger partial charge in [-0.25, -0.2) is 4.79 Å². The number of carbonyl (C=O) groups excluding carboxylic acids is 1. The van der Waals surface area contributed by atoms with Gasteiger partial charge in [0.15, 0.2) is 0 Å². The summed E-state index contributed by atoms with van der Waals surface area (Å²) in [5.74, 6) is -4.03. The predicted molar refractivity (Wildman–Crippen MR) is 77.7 cm³/mol. The molecule has 0 heterocycles. The fourth-order valence-electron chi connectivity index (χ4n) is 2.05. The highest BCUT2D eigenvalue weighted by Crippen LogP contribution is 2.40. The monoisotopic (exact) mass is 306 g/mol. The Morgan fingerprint density at radius 1 is 1.14 bits per heavy atom. The Bertz CT molecular complexity index is 624.